The van der Waals surface area contributed by atoms with E-state index in [2.05, 4.69) is 5.32 Å². The molecule has 0 spiro atoms. The van der Waals surface area contributed by atoms with Crippen molar-refractivity contribution in [1.29, 1.82) is 0 Å². The summed E-state index contributed by atoms with van der Waals surface area (Å²) in [5.41, 5.74) is 4.99. The number of nitrogens with one attached hydrogen (secondary N) is 1. The highest BCUT2D eigenvalue weighted by atomic mass is 19.2. The van der Waals surface area contributed by atoms with Crippen molar-refractivity contribution in [2.45, 2.75) is 18.9 Å². The number of ether oxygens (including phenoxy) is 1. The molecule has 98 valence electrons. The minimum Gasteiger partial charge on any atom is -0.486 e. The van der Waals surface area contributed by atoms with Gasteiger partial charge in [0.1, 0.15) is 6.10 Å². The maximum Gasteiger partial charge on any atom is 0.252 e. The molecule has 1 heterocycles. The molecule has 1 aromatic carbocycles. The number of carbonyl (C=O) groups is 1. The molecule has 1 fully saturated rings. The first-order valence-corrected chi connectivity index (χ1v) is 5.74. The Morgan fingerprint density at radius 1 is 1.33 bits per heavy atom. The molecule has 0 bridgehead atoms. The molecule has 4 nitrogen and oxygen atoms in total. The van der Waals surface area contributed by atoms with Gasteiger partial charge in [0.25, 0.3) is 5.91 Å². The number of benzene rings is 1. The number of rotatable bonds is 3. The Morgan fingerprint density at radius 2 is 2.00 bits per heavy atom. The second-order valence-electron chi connectivity index (χ2n) is 4.17. The summed E-state index contributed by atoms with van der Waals surface area (Å²) < 4.78 is 32.2. The predicted molar refractivity (Wildman–Crippen MR) is 61.4 cm³/mol. The van der Waals surface area contributed by atoms with Crippen molar-refractivity contribution in [3.63, 3.8) is 0 Å². The Hall–Kier alpha value is -1.69. The van der Waals surface area contributed by atoms with Crippen LogP contribution in [0.15, 0.2) is 12.1 Å². The lowest BCUT2D eigenvalue weighted by Crippen LogP contribution is -2.34. The summed E-state index contributed by atoms with van der Waals surface area (Å²) >= 11 is 0. The van der Waals surface area contributed by atoms with Crippen LogP contribution in [0, 0.1) is 11.6 Å². The van der Waals surface area contributed by atoms with Crippen molar-refractivity contribution >= 4 is 5.91 Å². The maximum absolute atomic E-state index is 13.7. The fraction of sp³-hybridized carbons (Fsp3) is 0.417. The van der Waals surface area contributed by atoms with Gasteiger partial charge in [-0.05, 0) is 38.1 Å². The van der Waals surface area contributed by atoms with Gasteiger partial charge in [-0.15, -0.1) is 0 Å². The van der Waals surface area contributed by atoms with Crippen LogP contribution in [0.4, 0.5) is 8.78 Å². The highest BCUT2D eigenvalue weighted by Crippen LogP contribution is 2.27. The Balaban J connectivity index is 2.29. The van der Waals surface area contributed by atoms with Crippen molar-refractivity contribution in [2.24, 2.45) is 5.73 Å². The zero-order valence-corrected chi connectivity index (χ0v) is 9.71. The maximum atomic E-state index is 13.7. The summed E-state index contributed by atoms with van der Waals surface area (Å²) in [6.07, 6.45) is 1.11. The van der Waals surface area contributed by atoms with E-state index in [1.165, 1.54) is 0 Å². The molecule has 1 amide bonds. The monoisotopic (exact) mass is 256 g/mol. The van der Waals surface area contributed by atoms with Crippen LogP contribution < -0.4 is 15.8 Å². The average Bonchev–Trinajstić information content (AvgIpc) is 2.36. The van der Waals surface area contributed by atoms with Crippen LogP contribution in [0.2, 0.25) is 0 Å². The molecule has 1 aromatic rings. The van der Waals surface area contributed by atoms with E-state index in [1.807, 2.05) is 0 Å². The number of carbonyl (C=O) groups excluding carboxylic acids is 1. The zero-order chi connectivity index (χ0) is 13.1. The van der Waals surface area contributed by atoms with Gasteiger partial charge in [-0.25, -0.2) is 4.39 Å². The number of halogens is 2. The Labute approximate surface area is 103 Å². The minimum atomic E-state index is -1.16. The fourth-order valence-corrected chi connectivity index (χ4v) is 1.92. The molecular formula is C12H14F2N2O2. The van der Waals surface area contributed by atoms with E-state index in [1.54, 1.807) is 0 Å². The van der Waals surface area contributed by atoms with Crippen LogP contribution >= 0.6 is 0 Å². The number of amides is 1. The van der Waals surface area contributed by atoms with E-state index in [0.29, 0.717) is 12.8 Å². The first-order chi connectivity index (χ1) is 8.59. The quantitative estimate of drug-likeness (QED) is 0.854. The number of nitrogens with two attached hydrogens (primary N) is 1. The molecular weight excluding hydrogens is 242 g/mol. The SMILES string of the molecule is NC(=O)c1ccc(F)c(F)c1OC1CCNCC1. The zero-order valence-electron chi connectivity index (χ0n) is 9.71. The molecule has 18 heavy (non-hydrogen) atoms. The highest BCUT2D eigenvalue weighted by molar-refractivity contribution is 5.95. The van der Waals surface area contributed by atoms with Gasteiger partial charge in [0.2, 0.25) is 5.82 Å². The molecule has 3 N–H and O–H groups in total. The third-order valence-corrected chi connectivity index (χ3v) is 2.89. The second-order valence-corrected chi connectivity index (χ2v) is 4.17. The van der Waals surface area contributed by atoms with E-state index in [0.717, 1.165) is 25.2 Å². The molecule has 0 saturated carbocycles. The van der Waals surface area contributed by atoms with Crippen molar-refractivity contribution in [3.8, 4) is 5.75 Å². The van der Waals surface area contributed by atoms with Gasteiger partial charge >= 0.3 is 0 Å². The van der Waals surface area contributed by atoms with E-state index in [4.69, 9.17) is 10.5 Å². The standard InChI is InChI=1S/C12H14F2N2O2/c13-9-2-1-8(12(15)17)11(10(9)14)18-7-3-5-16-6-4-7/h1-2,7,16H,3-6H2,(H2,15,17). The van der Waals surface area contributed by atoms with Gasteiger partial charge in [0.15, 0.2) is 11.6 Å². The van der Waals surface area contributed by atoms with Crippen LogP contribution in [0.1, 0.15) is 23.2 Å². The van der Waals surface area contributed by atoms with E-state index in [-0.39, 0.29) is 17.4 Å². The number of hydrogen-bond donors (Lipinski definition) is 2. The summed E-state index contributed by atoms with van der Waals surface area (Å²) in [6, 6.07) is 2.00. The lowest BCUT2D eigenvalue weighted by molar-refractivity contribution is 0.0986. The van der Waals surface area contributed by atoms with Gasteiger partial charge in [-0.3, -0.25) is 4.79 Å². The van der Waals surface area contributed by atoms with Crippen LogP contribution in [0.5, 0.6) is 5.75 Å². The summed E-state index contributed by atoms with van der Waals surface area (Å²) in [4.78, 5) is 11.2. The lowest BCUT2D eigenvalue weighted by atomic mass is 10.1. The van der Waals surface area contributed by atoms with Crippen molar-refractivity contribution < 1.29 is 18.3 Å². The van der Waals surface area contributed by atoms with Crippen LogP contribution in [-0.4, -0.2) is 25.1 Å². The largest absolute Gasteiger partial charge is 0.486 e. The molecule has 0 aliphatic carbocycles. The molecule has 0 radical (unpaired) electrons. The second kappa shape index (κ2) is 5.30. The Morgan fingerprint density at radius 3 is 2.61 bits per heavy atom. The van der Waals surface area contributed by atoms with Gasteiger partial charge in [0, 0.05) is 0 Å². The molecule has 1 aliphatic heterocycles. The number of primary amides is 1. The summed E-state index contributed by atoms with van der Waals surface area (Å²) in [5, 5.41) is 3.12. The van der Waals surface area contributed by atoms with Crippen LogP contribution in [-0.2, 0) is 0 Å². The normalized spacial score (nSPS) is 16.6. The molecule has 6 heteroatoms. The van der Waals surface area contributed by atoms with Gasteiger partial charge in [-0.1, -0.05) is 0 Å². The summed E-state index contributed by atoms with van der Waals surface area (Å²) in [7, 11) is 0. The molecule has 1 saturated heterocycles. The average molecular weight is 256 g/mol. The Kier molecular flexibility index (Phi) is 3.76. The van der Waals surface area contributed by atoms with Gasteiger partial charge in [-0.2, -0.15) is 4.39 Å². The fourth-order valence-electron chi connectivity index (χ4n) is 1.92. The van der Waals surface area contributed by atoms with E-state index >= 15 is 0 Å². The molecule has 0 unspecified atom stereocenters. The minimum absolute atomic E-state index is 0.132. The van der Waals surface area contributed by atoms with E-state index in [9.17, 15) is 13.6 Å². The Bertz CT molecular complexity index is 460. The lowest BCUT2D eigenvalue weighted by Gasteiger charge is -2.24. The smallest absolute Gasteiger partial charge is 0.252 e. The first kappa shape index (κ1) is 12.8. The van der Waals surface area contributed by atoms with Crippen LogP contribution in [0.25, 0.3) is 0 Å². The summed E-state index contributed by atoms with van der Waals surface area (Å²) in [6.45, 7) is 1.49. The van der Waals surface area contributed by atoms with Crippen molar-refractivity contribution in [2.75, 3.05) is 13.1 Å². The number of piperidine rings is 1. The molecule has 1 aliphatic rings. The molecule has 2 rings (SSSR count). The van der Waals surface area contributed by atoms with Crippen LogP contribution in [0.3, 0.4) is 0 Å². The van der Waals surface area contributed by atoms with Crippen molar-refractivity contribution in [1.82, 2.24) is 5.32 Å². The molecule has 0 atom stereocenters. The topological polar surface area (TPSA) is 64.4 Å². The predicted octanol–water partition coefficient (Wildman–Crippen LogP) is 1.19. The van der Waals surface area contributed by atoms with Gasteiger partial charge in [0.05, 0.1) is 5.56 Å². The van der Waals surface area contributed by atoms with Gasteiger partial charge < -0.3 is 15.8 Å². The van der Waals surface area contributed by atoms with Crippen molar-refractivity contribution in [3.05, 3.63) is 29.3 Å². The summed E-state index contributed by atoms with van der Waals surface area (Å²) in [5.74, 6) is -3.43. The molecule has 0 aromatic heterocycles. The van der Waals surface area contributed by atoms with E-state index < -0.39 is 17.5 Å². The number of hydrogen-bond acceptors (Lipinski definition) is 3. The third kappa shape index (κ3) is 2.59. The first-order valence-electron chi connectivity index (χ1n) is 5.74. The highest BCUT2D eigenvalue weighted by Gasteiger charge is 2.23. The third-order valence-electron chi connectivity index (χ3n) is 2.89.